The SMILES string of the molecule is C=Cc1[nH]c2cccc3c2c1C[C@@H]1C3C[C@H](N)CN1CCC. The second-order valence-electron chi connectivity index (χ2n) is 6.86. The van der Waals surface area contributed by atoms with Crippen molar-refractivity contribution in [1.29, 1.82) is 0 Å². The van der Waals surface area contributed by atoms with E-state index in [0.717, 1.165) is 25.9 Å². The fourth-order valence-electron chi connectivity index (χ4n) is 4.67. The molecule has 0 bridgehead atoms. The van der Waals surface area contributed by atoms with Crippen LogP contribution in [0.4, 0.5) is 0 Å². The second kappa shape index (κ2) is 5.25. The highest BCUT2D eigenvalue weighted by atomic mass is 15.2. The maximum atomic E-state index is 6.38. The van der Waals surface area contributed by atoms with E-state index in [0.29, 0.717) is 18.0 Å². The minimum Gasteiger partial charge on any atom is -0.355 e. The summed E-state index contributed by atoms with van der Waals surface area (Å²) in [6.07, 6.45) is 5.39. The lowest BCUT2D eigenvalue weighted by Crippen LogP contribution is -2.54. The first-order valence-electron chi connectivity index (χ1n) is 8.48. The van der Waals surface area contributed by atoms with Gasteiger partial charge in [-0.25, -0.2) is 0 Å². The third-order valence-electron chi connectivity index (χ3n) is 5.48. The zero-order valence-electron chi connectivity index (χ0n) is 13.3. The maximum Gasteiger partial charge on any atom is 0.0464 e. The van der Waals surface area contributed by atoms with Gasteiger partial charge in [-0.3, -0.25) is 4.90 Å². The molecule has 1 aromatic carbocycles. The summed E-state index contributed by atoms with van der Waals surface area (Å²) in [7, 11) is 0. The molecule has 3 heteroatoms. The highest BCUT2D eigenvalue weighted by Gasteiger charge is 2.40. The molecule has 1 aromatic heterocycles. The molecule has 2 heterocycles. The molecule has 3 atom stereocenters. The maximum absolute atomic E-state index is 6.38. The molecule has 4 rings (SSSR count). The molecule has 0 radical (unpaired) electrons. The van der Waals surface area contributed by atoms with Gasteiger partial charge in [0.15, 0.2) is 0 Å². The molecular formula is C19H25N3. The monoisotopic (exact) mass is 295 g/mol. The molecule has 1 saturated heterocycles. The Hall–Kier alpha value is -1.58. The van der Waals surface area contributed by atoms with Crippen molar-refractivity contribution in [3.05, 3.63) is 41.6 Å². The summed E-state index contributed by atoms with van der Waals surface area (Å²) < 4.78 is 0. The van der Waals surface area contributed by atoms with Crippen molar-refractivity contribution in [3.8, 4) is 0 Å². The van der Waals surface area contributed by atoms with Crippen molar-refractivity contribution >= 4 is 17.0 Å². The number of hydrogen-bond acceptors (Lipinski definition) is 2. The summed E-state index contributed by atoms with van der Waals surface area (Å²) in [4.78, 5) is 6.17. The Morgan fingerprint density at radius 1 is 1.45 bits per heavy atom. The number of aromatic nitrogens is 1. The first-order valence-corrected chi connectivity index (χ1v) is 8.48. The molecule has 0 spiro atoms. The van der Waals surface area contributed by atoms with E-state index in [1.54, 1.807) is 0 Å². The first kappa shape index (κ1) is 14.0. The number of aromatic amines is 1. The minimum atomic E-state index is 0.294. The molecular weight excluding hydrogens is 270 g/mol. The van der Waals surface area contributed by atoms with Crippen LogP contribution in [0.2, 0.25) is 0 Å². The third kappa shape index (κ3) is 1.96. The van der Waals surface area contributed by atoms with Crippen molar-refractivity contribution in [3.63, 3.8) is 0 Å². The van der Waals surface area contributed by atoms with Crippen molar-refractivity contribution in [1.82, 2.24) is 9.88 Å². The number of hydrogen-bond donors (Lipinski definition) is 2. The van der Waals surface area contributed by atoms with Crippen molar-refractivity contribution in [2.75, 3.05) is 13.1 Å². The van der Waals surface area contributed by atoms with Gasteiger partial charge in [0.2, 0.25) is 0 Å². The Balaban J connectivity index is 1.87. The van der Waals surface area contributed by atoms with E-state index >= 15 is 0 Å². The van der Waals surface area contributed by atoms with Crippen LogP contribution in [0.15, 0.2) is 24.8 Å². The Morgan fingerprint density at radius 2 is 2.32 bits per heavy atom. The number of nitrogens with one attached hydrogen (secondary N) is 1. The van der Waals surface area contributed by atoms with Gasteiger partial charge >= 0.3 is 0 Å². The second-order valence-corrected chi connectivity index (χ2v) is 6.86. The molecule has 3 N–H and O–H groups in total. The summed E-state index contributed by atoms with van der Waals surface area (Å²) in [5, 5.41) is 1.43. The number of fused-ring (bicyclic) bond motifs is 2. The van der Waals surface area contributed by atoms with Crippen molar-refractivity contribution in [2.24, 2.45) is 5.73 Å². The lowest BCUT2D eigenvalue weighted by atomic mass is 9.73. The number of likely N-dealkylation sites (tertiary alicyclic amines) is 1. The van der Waals surface area contributed by atoms with E-state index in [4.69, 9.17) is 5.73 Å². The summed E-state index contributed by atoms with van der Waals surface area (Å²) in [5.74, 6) is 0.569. The zero-order valence-corrected chi connectivity index (χ0v) is 13.3. The Labute approximate surface area is 132 Å². The fourth-order valence-corrected chi connectivity index (χ4v) is 4.67. The number of benzene rings is 1. The van der Waals surface area contributed by atoms with E-state index in [9.17, 15) is 0 Å². The molecule has 1 aliphatic heterocycles. The molecule has 1 aliphatic carbocycles. The Morgan fingerprint density at radius 3 is 3.09 bits per heavy atom. The number of piperidine rings is 1. The van der Waals surface area contributed by atoms with Crippen LogP contribution in [-0.4, -0.2) is 35.1 Å². The van der Waals surface area contributed by atoms with Crippen molar-refractivity contribution in [2.45, 2.75) is 44.2 Å². The summed E-state index contributed by atoms with van der Waals surface area (Å²) >= 11 is 0. The summed E-state index contributed by atoms with van der Waals surface area (Å²) in [5.41, 5.74) is 11.8. The Kier molecular flexibility index (Phi) is 3.35. The van der Waals surface area contributed by atoms with E-state index < -0.39 is 0 Å². The predicted octanol–water partition coefficient (Wildman–Crippen LogP) is 3.26. The molecule has 1 fully saturated rings. The van der Waals surface area contributed by atoms with Gasteiger partial charge in [-0.15, -0.1) is 0 Å². The number of nitrogens with two attached hydrogens (primary N) is 1. The van der Waals surface area contributed by atoms with E-state index in [2.05, 4.69) is 41.6 Å². The minimum absolute atomic E-state index is 0.294. The van der Waals surface area contributed by atoms with Crippen LogP contribution in [0.5, 0.6) is 0 Å². The molecule has 2 aliphatic rings. The van der Waals surface area contributed by atoms with Crippen molar-refractivity contribution < 1.29 is 0 Å². The van der Waals surface area contributed by atoms with E-state index in [1.165, 1.54) is 34.1 Å². The number of rotatable bonds is 3. The largest absolute Gasteiger partial charge is 0.355 e. The summed E-state index contributed by atoms with van der Waals surface area (Å²) in [6, 6.07) is 7.56. The van der Waals surface area contributed by atoms with Gasteiger partial charge in [0.1, 0.15) is 0 Å². The average molecular weight is 295 g/mol. The number of nitrogens with zero attached hydrogens (tertiary/aromatic N) is 1. The lowest BCUT2D eigenvalue weighted by molar-refractivity contribution is 0.110. The molecule has 2 aromatic rings. The molecule has 22 heavy (non-hydrogen) atoms. The average Bonchev–Trinajstić information content (AvgIpc) is 2.88. The van der Waals surface area contributed by atoms with Crippen LogP contribution < -0.4 is 5.73 Å². The van der Waals surface area contributed by atoms with Gasteiger partial charge in [0, 0.05) is 41.1 Å². The summed E-state index contributed by atoms with van der Waals surface area (Å²) in [6.45, 7) is 8.44. The normalized spacial score (nSPS) is 27.8. The third-order valence-corrected chi connectivity index (χ3v) is 5.48. The van der Waals surface area contributed by atoms with Gasteiger partial charge in [0.05, 0.1) is 0 Å². The number of H-pyrrole nitrogens is 1. The zero-order chi connectivity index (χ0) is 15.3. The topological polar surface area (TPSA) is 45.1 Å². The Bertz CT molecular complexity index is 715. The van der Waals surface area contributed by atoms with Gasteiger partial charge in [-0.1, -0.05) is 25.6 Å². The van der Waals surface area contributed by atoms with Gasteiger partial charge < -0.3 is 10.7 Å². The first-order chi connectivity index (χ1) is 10.7. The van der Waals surface area contributed by atoms with E-state index in [1.807, 2.05) is 6.08 Å². The van der Waals surface area contributed by atoms with Crippen LogP contribution in [0, 0.1) is 0 Å². The fraction of sp³-hybridized carbons (Fsp3) is 0.474. The van der Waals surface area contributed by atoms with Crippen LogP contribution in [-0.2, 0) is 6.42 Å². The standard InChI is InChI=1S/C19H25N3/c1-3-8-22-11-12(20)9-14-13-6-5-7-17-19(13)15(10-18(14)22)16(4-2)21-17/h4-7,12,14,18,21H,2-3,8-11,20H2,1H3/t12-,14?,18+/m0/s1. The smallest absolute Gasteiger partial charge is 0.0464 e. The van der Waals surface area contributed by atoms with Crippen LogP contribution in [0.3, 0.4) is 0 Å². The molecule has 0 amide bonds. The predicted molar refractivity (Wildman–Crippen MR) is 93.1 cm³/mol. The van der Waals surface area contributed by atoms with Gasteiger partial charge in [-0.2, -0.15) is 0 Å². The highest BCUT2D eigenvalue weighted by molar-refractivity contribution is 5.91. The molecule has 0 saturated carbocycles. The lowest BCUT2D eigenvalue weighted by Gasteiger charge is -2.46. The van der Waals surface area contributed by atoms with E-state index in [-0.39, 0.29) is 0 Å². The molecule has 116 valence electrons. The van der Waals surface area contributed by atoms with Gasteiger partial charge in [0.25, 0.3) is 0 Å². The molecule has 1 unspecified atom stereocenters. The van der Waals surface area contributed by atoms with Gasteiger partial charge in [-0.05, 0) is 49.1 Å². The van der Waals surface area contributed by atoms with Crippen LogP contribution in [0.1, 0.15) is 42.5 Å². The highest BCUT2D eigenvalue weighted by Crippen LogP contribution is 2.44. The van der Waals surface area contributed by atoms with Crippen LogP contribution in [0.25, 0.3) is 17.0 Å². The quantitative estimate of drug-likeness (QED) is 0.913. The van der Waals surface area contributed by atoms with Crippen LogP contribution >= 0.6 is 0 Å². The molecule has 3 nitrogen and oxygen atoms in total.